The van der Waals surface area contributed by atoms with Crippen molar-refractivity contribution in [3.63, 3.8) is 0 Å². The molecule has 2 aromatic carbocycles. The number of carbonyl (C=O) groups excluding carboxylic acids is 2. The lowest BCUT2D eigenvalue weighted by Crippen LogP contribution is -2.32. The third-order valence-corrected chi connectivity index (χ3v) is 5.05. The van der Waals surface area contributed by atoms with Crippen LogP contribution in [-0.4, -0.2) is 22.0 Å². The number of rotatable bonds is 4. The Morgan fingerprint density at radius 3 is 2.93 bits per heavy atom. The molecule has 1 aliphatic rings. The first-order valence-electron chi connectivity index (χ1n) is 9.09. The number of benzene rings is 2. The van der Waals surface area contributed by atoms with Crippen molar-refractivity contribution in [2.24, 2.45) is 0 Å². The molecule has 1 unspecified atom stereocenters. The van der Waals surface area contributed by atoms with E-state index in [4.69, 9.17) is 0 Å². The number of anilines is 1. The Hall–Kier alpha value is -3.55. The maximum absolute atomic E-state index is 14.4. The van der Waals surface area contributed by atoms with E-state index in [0.29, 0.717) is 17.0 Å². The summed E-state index contributed by atoms with van der Waals surface area (Å²) in [6.07, 6.45) is 1.54. The van der Waals surface area contributed by atoms with Gasteiger partial charge in [-0.3, -0.25) is 14.7 Å². The van der Waals surface area contributed by atoms with Crippen molar-refractivity contribution in [2.75, 3.05) is 5.32 Å². The summed E-state index contributed by atoms with van der Waals surface area (Å²) in [6.45, 7) is 1.65. The second-order valence-corrected chi connectivity index (χ2v) is 7.00. The minimum Gasteiger partial charge on any atom is -0.330 e. The predicted molar refractivity (Wildman–Crippen MR) is 104 cm³/mol. The van der Waals surface area contributed by atoms with Crippen molar-refractivity contribution < 1.29 is 18.4 Å². The summed E-state index contributed by atoms with van der Waals surface area (Å²) in [4.78, 5) is 24.7. The molecule has 148 valence electrons. The molecular formula is C21H18F2N4O2. The first kappa shape index (κ1) is 18.8. The van der Waals surface area contributed by atoms with Crippen molar-refractivity contribution >= 4 is 28.4 Å². The van der Waals surface area contributed by atoms with Gasteiger partial charge in [0.15, 0.2) is 11.6 Å². The summed E-state index contributed by atoms with van der Waals surface area (Å²) in [5.41, 5.74) is 2.54. The summed E-state index contributed by atoms with van der Waals surface area (Å²) in [5, 5.41) is 13.1. The van der Waals surface area contributed by atoms with Gasteiger partial charge in [0, 0.05) is 29.1 Å². The number of nitrogens with one attached hydrogen (secondary N) is 3. The minimum atomic E-state index is -0.997. The van der Waals surface area contributed by atoms with Gasteiger partial charge in [-0.15, -0.1) is 0 Å². The minimum absolute atomic E-state index is 0.0543. The van der Waals surface area contributed by atoms with Crippen molar-refractivity contribution in [1.29, 1.82) is 0 Å². The van der Waals surface area contributed by atoms with Gasteiger partial charge in [-0.2, -0.15) is 5.10 Å². The van der Waals surface area contributed by atoms with Crippen molar-refractivity contribution in [3.8, 4) is 0 Å². The number of nitrogens with zero attached hydrogens (tertiary/aromatic N) is 1. The molecule has 0 bridgehead atoms. The number of aromatic nitrogens is 2. The zero-order chi connectivity index (χ0) is 20.5. The first-order chi connectivity index (χ1) is 13.9. The maximum atomic E-state index is 14.4. The number of hydrogen-bond donors (Lipinski definition) is 3. The highest BCUT2D eigenvalue weighted by atomic mass is 19.2. The van der Waals surface area contributed by atoms with Gasteiger partial charge in [0.2, 0.25) is 11.8 Å². The molecule has 4 rings (SSSR count). The van der Waals surface area contributed by atoms with E-state index >= 15 is 0 Å². The van der Waals surface area contributed by atoms with Crippen LogP contribution < -0.4 is 10.6 Å². The van der Waals surface area contributed by atoms with Crippen molar-refractivity contribution in [1.82, 2.24) is 15.5 Å². The van der Waals surface area contributed by atoms with Gasteiger partial charge < -0.3 is 10.6 Å². The van der Waals surface area contributed by atoms with Gasteiger partial charge >= 0.3 is 0 Å². The normalized spacial score (nSPS) is 16.8. The van der Waals surface area contributed by atoms with E-state index < -0.39 is 17.6 Å². The average molecular weight is 396 g/mol. The largest absolute Gasteiger partial charge is 0.330 e. The predicted octanol–water partition coefficient (Wildman–Crippen LogP) is 3.75. The number of amides is 2. The third-order valence-electron chi connectivity index (χ3n) is 5.05. The second-order valence-electron chi connectivity index (χ2n) is 7.00. The van der Waals surface area contributed by atoms with E-state index in [1.54, 1.807) is 31.3 Å². The number of carbonyl (C=O) groups is 2. The molecule has 29 heavy (non-hydrogen) atoms. The number of hydrogen-bond acceptors (Lipinski definition) is 3. The molecule has 0 radical (unpaired) electrons. The van der Waals surface area contributed by atoms with E-state index in [0.717, 1.165) is 17.0 Å². The summed E-state index contributed by atoms with van der Waals surface area (Å²) in [6, 6.07) is 9.19. The number of allylic oxidation sites excluding steroid dienone is 1. The fourth-order valence-corrected chi connectivity index (χ4v) is 3.65. The molecule has 3 N–H and O–H groups in total. The molecule has 2 amide bonds. The van der Waals surface area contributed by atoms with Crippen LogP contribution in [0.15, 0.2) is 53.9 Å². The van der Waals surface area contributed by atoms with Crippen LogP contribution >= 0.6 is 0 Å². The molecule has 0 saturated heterocycles. The molecule has 0 spiro atoms. The van der Waals surface area contributed by atoms with E-state index in [9.17, 15) is 18.4 Å². The van der Waals surface area contributed by atoms with Crippen LogP contribution in [0.25, 0.3) is 10.9 Å². The zero-order valence-corrected chi connectivity index (χ0v) is 15.6. The zero-order valence-electron chi connectivity index (χ0n) is 15.6. The molecule has 6 nitrogen and oxygen atoms in total. The molecule has 0 aliphatic carbocycles. The van der Waals surface area contributed by atoms with Gasteiger partial charge in [0.1, 0.15) is 0 Å². The Morgan fingerprint density at radius 2 is 2.10 bits per heavy atom. The Labute approximate surface area is 165 Å². The quantitative estimate of drug-likeness (QED) is 0.628. The van der Waals surface area contributed by atoms with Crippen LogP contribution in [0.3, 0.4) is 0 Å². The monoisotopic (exact) mass is 396 g/mol. The number of fused-ring (bicyclic) bond motifs is 1. The highest BCUT2D eigenvalue weighted by molar-refractivity contribution is 5.95. The Bertz CT molecular complexity index is 1150. The molecule has 1 atom stereocenters. The fraction of sp³-hybridized carbons (Fsp3) is 0.190. The van der Waals surface area contributed by atoms with E-state index in [2.05, 4.69) is 20.8 Å². The van der Waals surface area contributed by atoms with Gasteiger partial charge in [-0.05, 0) is 42.3 Å². The summed E-state index contributed by atoms with van der Waals surface area (Å²) in [5.74, 6) is -3.31. The van der Waals surface area contributed by atoms with Crippen LogP contribution in [-0.2, 0) is 9.59 Å². The lowest BCUT2D eigenvalue weighted by atomic mass is 9.82. The Balaban J connectivity index is 1.60. The van der Waals surface area contributed by atoms with Crippen LogP contribution in [0.1, 0.15) is 31.2 Å². The van der Waals surface area contributed by atoms with Crippen LogP contribution in [0.4, 0.5) is 14.5 Å². The number of aromatic amines is 1. The van der Waals surface area contributed by atoms with Gasteiger partial charge in [-0.25, -0.2) is 8.78 Å². The van der Waals surface area contributed by atoms with Crippen molar-refractivity contribution in [3.05, 3.63) is 71.1 Å². The lowest BCUT2D eigenvalue weighted by molar-refractivity contribution is -0.121. The van der Waals surface area contributed by atoms with Gasteiger partial charge in [0.25, 0.3) is 0 Å². The van der Waals surface area contributed by atoms with E-state index in [-0.39, 0.29) is 30.2 Å². The number of halogens is 2. The molecule has 1 aliphatic heterocycles. The third kappa shape index (κ3) is 3.73. The fourth-order valence-electron chi connectivity index (χ4n) is 3.65. The first-order valence-corrected chi connectivity index (χ1v) is 9.09. The molecule has 2 heterocycles. The second kappa shape index (κ2) is 7.46. The Morgan fingerprint density at radius 1 is 1.28 bits per heavy atom. The van der Waals surface area contributed by atoms with Crippen LogP contribution in [0.2, 0.25) is 0 Å². The molecule has 1 aromatic heterocycles. The summed E-state index contributed by atoms with van der Waals surface area (Å²) >= 11 is 0. The molecule has 8 heteroatoms. The van der Waals surface area contributed by atoms with Crippen LogP contribution in [0, 0.1) is 11.6 Å². The maximum Gasteiger partial charge on any atom is 0.228 e. The van der Waals surface area contributed by atoms with E-state index in [1.165, 1.54) is 12.1 Å². The topological polar surface area (TPSA) is 86.9 Å². The lowest BCUT2D eigenvalue weighted by Gasteiger charge is -2.28. The van der Waals surface area contributed by atoms with Gasteiger partial charge in [0.05, 0.1) is 18.1 Å². The summed E-state index contributed by atoms with van der Waals surface area (Å²) < 4.78 is 28.1. The number of H-pyrrole nitrogens is 1. The molecule has 0 saturated carbocycles. The van der Waals surface area contributed by atoms with Crippen molar-refractivity contribution in [2.45, 2.75) is 25.7 Å². The molecule has 0 fully saturated rings. The molecular weight excluding hydrogens is 378 g/mol. The smallest absolute Gasteiger partial charge is 0.228 e. The molecule has 3 aromatic rings. The van der Waals surface area contributed by atoms with Crippen LogP contribution in [0.5, 0.6) is 0 Å². The van der Waals surface area contributed by atoms with Gasteiger partial charge in [-0.1, -0.05) is 12.1 Å². The SMILES string of the molecule is CC1=C(CC(=O)Nc2ccc3[nH]ncc3c2)C(c2cccc(F)c2F)CC(=O)N1. The van der Waals surface area contributed by atoms with E-state index in [1.807, 2.05) is 0 Å². The summed E-state index contributed by atoms with van der Waals surface area (Å²) in [7, 11) is 0. The average Bonchev–Trinajstić information content (AvgIpc) is 3.14. The highest BCUT2D eigenvalue weighted by Gasteiger charge is 2.31. The Kier molecular flexibility index (Phi) is 4.84. The standard InChI is InChI=1S/C21H18F2N4O2/c1-11-15(8-20(29)26-13-5-6-18-12(7-13)10-24-27-18)16(9-19(28)25-11)14-3-2-4-17(22)21(14)23/h2-7,10,16H,8-9H2,1H3,(H,24,27)(H,25,28)(H,26,29). The highest BCUT2D eigenvalue weighted by Crippen LogP contribution is 2.36.